The molecule has 0 fully saturated rings. The highest BCUT2D eigenvalue weighted by Crippen LogP contribution is 2.32. The van der Waals surface area contributed by atoms with Crippen LogP contribution in [0.5, 0.6) is 0 Å². The Hall–Kier alpha value is -3.85. The minimum Gasteiger partial charge on any atom is -0.383 e. The van der Waals surface area contributed by atoms with E-state index in [1.165, 1.54) is 0 Å². The van der Waals surface area contributed by atoms with E-state index in [1.807, 2.05) is 72.5 Å². The van der Waals surface area contributed by atoms with Gasteiger partial charge in [0.1, 0.15) is 17.5 Å². The van der Waals surface area contributed by atoms with Gasteiger partial charge in [-0.1, -0.05) is 12.1 Å². The Morgan fingerprint density at radius 3 is 2.65 bits per heavy atom. The first-order chi connectivity index (χ1) is 12.7. The second kappa shape index (κ2) is 6.22. The van der Waals surface area contributed by atoms with Crippen LogP contribution >= 0.6 is 0 Å². The Morgan fingerprint density at radius 1 is 1.08 bits per heavy atom. The van der Waals surface area contributed by atoms with Crippen molar-refractivity contribution in [2.24, 2.45) is 7.05 Å². The number of nitrogens with two attached hydrogens (primary N) is 1. The largest absolute Gasteiger partial charge is 0.383 e. The molecule has 2 N–H and O–H groups in total. The van der Waals surface area contributed by atoms with E-state index in [9.17, 15) is 5.26 Å². The van der Waals surface area contributed by atoms with Crippen LogP contribution < -0.4 is 5.73 Å². The number of anilines is 1. The Bertz CT molecular complexity index is 1120. The highest BCUT2D eigenvalue weighted by molar-refractivity contribution is 5.80. The molecule has 0 bridgehead atoms. The van der Waals surface area contributed by atoms with Gasteiger partial charge < -0.3 is 10.3 Å². The summed E-state index contributed by atoms with van der Waals surface area (Å²) in [5.41, 5.74) is 10.7. The number of pyridine rings is 1. The van der Waals surface area contributed by atoms with Crippen molar-refractivity contribution < 1.29 is 0 Å². The van der Waals surface area contributed by atoms with E-state index < -0.39 is 0 Å². The average molecular weight is 340 g/mol. The molecule has 0 saturated heterocycles. The van der Waals surface area contributed by atoms with Crippen molar-refractivity contribution in [1.82, 2.24) is 19.3 Å². The molecule has 4 aromatic rings. The van der Waals surface area contributed by atoms with Crippen molar-refractivity contribution in [3.8, 4) is 34.3 Å². The van der Waals surface area contributed by atoms with Crippen LogP contribution in [0.25, 0.3) is 28.2 Å². The summed E-state index contributed by atoms with van der Waals surface area (Å²) < 4.78 is 3.75. The summed E-state index contributed by atoms with van der Waals surface area (Å²) in [6.45, 7) is 0. The van der Waals surface area contributed by atoms with Crippen molar-refractivity contribution >= 4 is 5.82 Å². The fourth-order valence-electron chi connectivity index (χ4n) is 3.01. The molecule has 0 unspecified atom stereocenters. The molecule has 0 atom stereocenters. The summed E-state index contributed by atoms with van der Waals surface area (Å²) in [5, 5.41) is 13.9. The van der Waals surface area contributed by atoms with E-state index in [0.717, 1.165) is 28.2 Å². The summed E-state index contributed by atoms with van der Waals surface area (Å²) in [6, 6.07) is 17.7. The first-order valence-electron chi connectivity index (χ1n) is 8.10. The standard InChI is InChI=1S/C20H16N6/c1-25-9-3-7-19(25)18-12-16(17(13-21)20(22)24-18)14-5-2-6-15(11-14)26-10-4-8-23-26/h2-12H,1H3,(H2,22,24). The quantitative estimate of drug-likeness (QED) is 0.619. The van der Waals surface area contributed by atoms with Crippen LogP contribution in [0.4, 0.5) is 5.82 Å². The van der Waals surface area contributed by atoms with Gasteiger partial charge in [0.05, 0.1) is 17.1 Å². The first kappa shape index (κ1) is 15.7. The van der Waals surface area contributed by atoms with Crippen LogP contribution in [-0.4, -0.2) is 19.3 Å². The third-order valence-electron chi connectivity index (χ3n) is 4.29. The van der Waals surface area contributed by atoms with E-state index in [2.05, 4.69) is 16.2 Å². The molecule has 0 aliphatic rings. The number of benzene rings is 1. The molecule has 0 saturated carbocycles. The zero-order valence-electron chi connectivity index (χ0n) is 14.2. The number of hydrogen-bond acceptors (Lipinski definition) is 4. The van der Waals surface area contributed by atoms with Crippen molar-refractivity contribution in [2.45, 2.75) is 0 Å². The molecule has 126 valence electrons. The molecule has 26 heavy (non-hydrogen) atoms. The van der Waals surface area contributed by atoms with E-state index in [0.29, 0.717) is 5.56 Å². The Morgan fingerprint density at radius 2 is 1.96 bits per heavy atom. The Labute approximate surface area is 150 Å². The second-order valence-electron chi connectivity index (χ2n) is 5.93. The third kappa shape index (κ3) is 2.62. The molecule has 0 spiro atoms. The fraction of sp³-hybridized carbons (Fsp3) is 0.0500. The zero-order valence-corrected chi connectivity index (χ0v) is 14.2. The van der Waals surface area contributed by atoms with Crippen molar-refractivity contribution in [1.29, 1.82) is 5.26 Å². The van der Waals surface area contributed by atoms with Crippen LogP contribution in [0.3, 0.4) is 0 Å². The summed E-state index contributed by atoms with van der Waals surface area (Å²) >= 11 is 0. The minimum absolute atomic E-state index is 0.227. The van der Waals surface area contributed by atoms with Gasteiger partial charge in [-0.2, -0.15) is 10.4 Å². The molecular formula is C20H16N6. The maximum atomic E-state index is 9.60. The average Bonchev–Trinajstić information content (AvgIpc) is 3.33. The number of nitrogen functional groups attached to an aromatic ring is 1. The van der Waals surface area contributed by atoms with Gasteiger partial charge >= 0.3 is 0 Å². The summed E-state index contributed by atoms with van der Waals surface area (Å²) in [7, 11) is 1.95. The smallest absolute Gasteiger partial charge is 0.142 e. The summed E-state index contributed by atoms with van der Waals surface area (Å²) in [5.74, 6) is 0.227. The van der Waals surface area contributed by atoms with Gasteiger partial charge in [0.15, 0.2) is 0 Å². The van der Waals surface area contributed by atoms with Crippen LogP contribution in [-0.2, 0) is 7.05 Å². The van der Waals surface area contributed by atoms with E-state index >= 15 is 0 Å². The lowest BCUT2D eigenvalue weighted by molar-refractivity contribution is 0.881. The predicted molar refractivity (Wildman–Crippen MR) is 100 cm³/mol. The summed E-state index contributed by atoms with van der Waals surface area (Å²) in [4.78, 5) is 4.42. The SMILES string of the molecule is Cn1cccc1-c1cc(-c2cccc(-n3cccn3)c2)c(C#N)c(N)n1. The van der Waals surface area contributed by atoms with Gasteiger partial charge in [0.25, 0.3) is 0 Å². The van der Waals surface area contributed by atoms with Crippen LogP contribution in [0, 0.1) is 11.3 Å². The lowest BCUT2D eigenvalue weighted by atomic mass is 9.99. The summed E-state index contributed by atoms with van der Waals surface area (Å²) in [6.07, 6.45) is 5.55. The molecule has 3 heterocycles. The van der Waals surface area contributed by atoms with Gasteiger partial charge in [-0.15, -0.1) is 0 Å². The predicted octanol–water partition coefficient (Wildman–Crippen LogP) is 3.39. The normalized spacial score (nSPS) is 10.6. The number of rotatable bonds is 3. The number of nitrogens with zero attached hydrogens (tertiary/aromatic N) is 5. The maximum absolute atomic E-state index is 9.60. The molecule has 4 rings (SSSR count). The molecule has 0 aliphatic heterocycles. The third-order valence-corrected chi connectivity index (χ3v) is 4.29. The zero-order chi connectivity index (χ0) is 18.1. The van der Waals surface area contributed by atoms with Gasteiger partial charge in [0.2, 0.25) is 0 Å². The molecule has 3 aromatic heterocycles. The minimum atomic E-state index is 0.227. The van der Waals surface area contributed by atoms with Crippen molar-refractivity contribution in [3.63, 3.8) is 0 Å². The van der Waals surface area contributed by atoms with Crippen LogP contribution in [0.1, 0.15) is 5.56 Å². The monoisotopic (exact) mass is 340 g/mol. The molecule has 6 nitrogen and oxygen atoms in total. The van der Waals surface area contributed by atoms with E-state index in [4.69, 9.17) is 5.73 Å². The highest BCUT2D eigenvalue weighted by Gasteiger charge is 2.15. The lowest BCUT2D eigenvalue weighted by Crippen LogP contribution is -2.02. The van der Waals surface area contributed by atoms with Crippen LogP contribution in [0.2, 0.25) is 0 Å². The lowest BCUT2D eigenvalue weighted by Gasteiger charge is -2.12. The Balaban J connectivity index is 1.91. The van der Waals surface area contributed by atoms with Gasteiger partial charge in [-0.05, 0) is 42.0 Å². The molecule has 0 aliphatic carbocycles. The number of hydrogen-bond donors (Lipinski definition) is 1. The molecule has 6 heteroatoms. The van der Waals surface area contributed by atoms with E-state index in [1.54, 1.807) is 10.9 Å². The number of aromatic nitrogens is 4. The molecule has 0 amide bonds. The number of nitriles is 1. The number of aryl methyl sites for hydroxylation is 1. The molecule has 1 aromatic carbocycles. The van der Waals surface area contributed by atoms with Gasteiger partial charge in [-0.3, -0.25) is 0 Å². The van der Waals surface area contributed by atoms with E-state index in [-0.39, 0.29) is 5.82 Å². The molecular weight excluding hydrogens is 324 g/mol. The first-order valence-corrected chi connectivity index (χ1v) is 8.10. The topological polar surface area (TPSA) is 85.5 Å². The highest BCUT2D eigenvalue weighted by atomic mass is 15.3. The van der Waals surface area contributed by atoms with Crippen LogP contribution in [0.15, 0.2) is 67.1 Å². The van der Waals surface area contributed by atoms with Gasteiger partial charge in [-0.25, -0.2) is 9.67 Å². The Kier molecular flexibility index (Phi) is 3.75. The fourth-order valence-corrected chi connectivity index (χ4v) is 3.01. The second-order valence-corrected chi connectivity index (χ2v) is 5.93. The van der Waals surface area contributed by atoms with Crippen molar-refractivity contribution in [3.05, 3.63) is 72.7 Å². The van der Waals surface area contributed by atoms with Gasteiger partial charge in [0, 0.05) is 31.2 Å². The molecule has 0 radical (unpaired) electrons. The maximum Gasteiger partial charge on any atom is 0.142 e. The van der Waals surface area contributed by atoms with Crippen molar-refractivity contribution in [2.75, 3.05) is 5.73 Å².